The van der Waals surface area contributed by atoms with Crippen LogP contribution in [0.15, 0.2) is 46.0 Å². The lowest BCUT2D eigenvalue weighted by Gasteiger charge is -2.06. The highest BCUT2D eigenvalue weighted by atomic mass is 32.2. The fourth-order valence-electron chi connectivity index (χ4n) is 2.16. The van der Waals surface area contributed by atoms with E-state index in [-0.39, 0.29) is 0 Å². The molecule has 4 nitrogen and oxygen atoms in total. The SMILES string of the molecule is Cc1cccc(NS(=O)(=O)c2ccc(-c3nc(C(C)C)cs3)s2)c1. The summed E-state index contributed by atoms with van der Waals surface area (Å²) in [7, 11) is -3.58. The van der Waals surface area contributed by atoms with Crippen LogP contribution in [0.25, 0.3) is 9.88 Å². The summed E-state index contributed by atoms with van der Waals surface area (Å²) < 4.78 is 28.0. The van der Waals surface area contributed by atoms with Crippen LogP contribution in [-0.4, -0.2) is 13.4 Å². The number of hydrogen-bond donors (Lipinski definition) is 1. The van der Waals surface area contributed by atoms with E-state index in [1.165, 1.54) is 11.3 Å². The Labute approximate surface area is 150 Å². The summed E-state index contributed by atoms with van der Waals surface area (Å²) in [4.78, 5) is 5.46. The summed E-state index contributed by atoms with van der Waals surface area (Å²) in [5.41, 5.74) is 2.61. The van der Waals surface area contributed by atoms with Gasteiger partial charge in [0.25, 0.3) is 10.0 Å². The number of aryl methyl sites for hydroxylation is 1. The number of nitrogens with one attached hydrogen (secondary N) is 1. The fourth-order valence-corrected chi connectivity index (χ4v) is 5.57. The first-order valence-corrected chi connectivity index (χ1v) is 10.7. The van der Waals surface area contributed by atoms with Gasteiger partial charge in [-0.15, -0.1) is 22.7 Å². The summed E-state index contributed by atoms with van der Waals surface area (Å²) in [6, 6.07) is 10.8. The van der Waals surface area contributed by atoms with Gasteiger partial charge >= 0.3 is 0 Å². The number of benzene rings is 1. The summed E-state index contributed by atoms with van der Waals surface area (Å²) in [5.74, 6) is 0.362. The summed E-state index contributed by atoms with van der Waals surface area (Å²) in [6.45, 7) is 6.11. The molecule has 0 amide bonds. The average molecular weight is 379 g/mol. The molecule has 0 aliphatic carbocycles. The van der Waals surface area contributed by atoms with Crippen molar-refractivity contribution in [3.05, 3.63) is 53.0 Å². The summed E-state index contributed by atoms with van der Waals surface area (Å²) >= 11 is 2.78. The first-order chi connectivity index (χ1) is 11.3. The van der Waals surface area contributed by atoms with Crippen LogP contribution >= 0.6 is 22.7 Å². The van der Waals surface area contributed by atoms with E-state index < -0.39 is 10.0 Å². The van der Waals surface area contributed by atoms with Crippen LogP contribution in [0.1, 0.15) is 31.0 Å². The van der Waals surface area contributed by atoms with E-state index in [2.05, 4.69) is 23.6 Å². The maximum absolute atomic E-state index is 12.6. The predicted octanol–water partition coefficient (Wildman–Crippen LogP) is 5.10. The first kappa shape index (κ1) is 17.1. The zero-order chi connectivity index (χ0) is 17.3. The molecular formula is C17H18N2O2S3. The van der Waals surface area contributed by atoms with Gasteiger partial charge in [-0.3, -0.25) is 4.72 Å². The fraction of sp³-hybridized carbons (Fsp3) is 0.235. The number of thiazole rings is 1. The molecule has 0 atom stereocenters. The number of aromatic nitrogens is 1. The lowest BCUT2D eigenvalue weighted by atomic mass is 10.2. The van der Waals surface area contributed by atoms with Gasteiger partial charge in [0, 0.05) is 11.1 Å². The highest BCUT2D eigenvalue weighted by Gasteiger charge is 2.19. The largest absolute Gasteiger partial charge is 0.279 e. The quantitative estimate of drug-likeness (QED) is 0.671. The van der Waals surface area contributed by atoms with Gasteiger partial charge in [-0.05, 0) is 42.7 Å². The van der Waals surface area contributed by atoms with Gasteiger partial charge in [0.1, 0.15) is 9.22 Å². The van der Waals surface area contributed by atoms with Crippen LogP contribution in [0, 0.1) is 6.92 Å². The van der Waals surface area contributed by atoms with E-state index in [0.29, 0.717) is 15.8 Å². The van der Waals surface area contributed by atoms with E-state index in [9.17, 15) is 8.42 Å². The average Bonchev–Trinajstić information content (AvgIpc) is 3.16. The molecule has 0 fully saturated rings. The van der Waals surface area contributed by atoms with Crippen molar-refractivity contribution >= 4 is 38.4 Å². The van der Waals surface area contributed by atoms with Crippen molar-refractivity contribution in [2.24, 2.45) is 0 Å². The van der Waals surface area contributed by atoms with Crippen molar-refractivity contribution in [3.8, 4) is 9.88 Å². The van der Waals surface area contributed by atoms with E-state index in [4.69, 9.17) is 0 Å². The lowest BCUT2D eigenvalue weighted by Crippen LogP contribution is -2.11. The minimum Gasteiger partial charge on any atom is -0.279 e. The first-order valence-electron chi connectivity index (χ1n) is 7.50. The maximum Gasteiger partial charge on any atom is 0.271 e. The second-order valence-corrected chi connectivity index (χ2v) is 9.68. The summed E-state index contributed by atoms with van der Waals surface area (Å²) in [5, 5.41) is 2.89. The molecule has 0 aliphatic rings. The van der Waals surface area contributed by atoms with Gasteiger partial charge in [-0.2, -0.15) is 0 Å². The third-order valence-corrected chi connectivity index (χ3v) is 7.43. The zero-order valence-corrected chi connectivity index (χ0v) is 16.1. The Morgan fingerprint density at radius 3 is 2.62 bits per heavy atom. The molecule has 2 heterocycles. The van der Waals surface area contributed by atoms with Crippen LogP contribution in [0.5, 0.6) is 0 Å². The van der Waals surface area contributed by atoms with Crippen LogP contribution in [-0.2, 0) is 10.0 Å². The van der Waals surface area contributed by atoms with E-state index in [0.717, 1.165) is 21.1 Å². The minimum absolute atomic E-state index is 0.292. The second kappa shape index (κ2) is 6.66. The van der Waals surface area contributed by atoms with Crippen molar-refractivity contribution in [2.45, 2.75) is 30.9 Å². The summed E-state index contributed by atoms with van der Waals surface area (Å²) in [6.07, 6.45) is 0. The Hall–Kier alpha value is -1.70. The van der Waals surface area contributed by atoms with Crippen molar-refractivity contribution in [3.63, 3.8) is 0 Å². The Bertz CT molecular complexity index is 956. The van der Waals surface area contributed by atoms with Crippen LogP contribution in [0.3, 0.4) is 0 Å². The molecule has 1 aromatic carbocycles. The number of thiophene rings is 1. The standard InChI is InChI=1S/C17H18N2O2S3/c1-11(2)14-10-22-17(18-14)15-7-8-16(23-15)24(20,21)19-13-6-4-5-12(3)9-13/h4-11,19H,1-3H3. The normalized spacial score (nSPS) is 11.8. The van der Waals surface area contributed by atoms with Crippen molar-refractivity contribution in [2.75, 3.05) is 4.72 Å². The number of sulfonamides is 1. The molecule has 0 saturated carbocycles. The molecule has 0 radical (unpaired) electrons. The molecule has 2 aromatic heterocycles. The molecule has 0 saturated heterocycles. The molecule has 0 bridgehead atoms. The third kappa shape index (κ3) is 3.68. The number of rotatable bonds is 5. The Kier molecular flexibility index (Phi) is 4.76. The van der Waals surface area contributed by atoms with Crippen molar-refractivity contribution in [1.82, 2.24) is 4.98 Å². The molecule has 0 unspecified atom stereocenters. The molecule has 3 rings (SSSR count). The maximum atomic E-state index is 12.6. The Morgan fingerprint density at radius 2 is 1.96 bits per heavy atom. The van der Waals surface area contributed by atoms with Crippen LogP contribution < -0.4 is 4.72 Å². The van der Waals surface area contributed by atoms with E-state index >= 15 is 0 Å². The van der Waals surface area contributed by atoms with Gasteiger partial charge < -0.3 is 0 Å². The molecule has 0 aliphatic heterocycles. The third-order valence-electron chi connectivity index (χ3n) is 3.44. The smallest absolute Gasteiger partial charge is 0.271 e. The molecule has 3 aromatic rings. The molecule has 126 valence electrons. The van der Waals surface area contributed by atoms with Crippen LogP contribution in [0.4, 0.5) is 5.69 Å². The topological polar surface area (TPSA) is 59.1 Å². The van der Waals surface area contributed by atoms with Crippen molar-refractivity contribution < 1.29 is 8.42 Å². The zero-order valence-electron chi connectivity index (χ0n) is 13.6. The molecule has 7 heteroatoms. The minimum atomic E-state index is -3.58. The Morgan fingerprint density at radius 1 is 1.17 bits per heavy atom. The van der Waals surface area contributed by atoms with Gasteiger partial charge in [-0.25, -0.2) is 13.4 Å². The Balaban J connectivity index is 1.86. The van der Waals surface area contributed by atoms with Gasteiger partial charge in [-0.1, -0.05) is 26.0 Å². The molecular weight excluding hydrogens is 360 g/mol. The van der Waals surface area contributed by atoms with Crippen molar-refractivity contribution in [1.29, 1.82) is 0 Å². The number of hydrogen-bond acceptors (Lipinski definition) is 5. The van der Waals surface area contributed by atoms with Crippen LogP contribution in [0.2, 0.25) is 0 Å². The number of nitrogens with zero attached hydrogens (tertiary/aromatic N) is 1. The molecule has 24 heavy (non-hydrogen) atoms. The number of anilines is 1. The second-order valence-electron chi connectivity index (χ2n) is 5.83. The lowest BCUT2D eigenvalue weighted by molar-refractivity contribution is 0.603. The van der Waals surface area contributed by atoms with E-state index in [1.807, 2.05) is 36.6 Å². The highest BCUT2D eigenvalue weighted by Crippen LogP contribution is 2.34. The van der Waals surface area contributed by atoms with Gasteiger partial charge in [0.05, 0.1) is 10.6 Å². The highest BCUT2D eigenvalue weighted by molar-refractivity contribution is 7.94. The monoisotopic (exact) mass is 378 g/mol. The molecule has 1 N–H and O–H groups in total. The predicted molar refractivity (Wildman–Crippen MR) is 102 cm³/mol. The van der Waals surface area contributed by atoms with Gasteiger partial charge in [0.15, 0.2) is 0 Å². The van der Waals surface area contributed by atoms with E-state index in [1.54, 1.807) is 23.5 Å². The van der Waals surface area contributed by atoms with Gasteiger partial charge in [0.2, 0.25) is 0 Å². The molecule has 0 spiro atoms.